The lowest BCUT2D eigenvalue weighted by molar-refractivity contribution is 0.394. The van der Waals surface area contributed by atoms with Crippen LogP contribution in [0.25, 0.3) is 75.4 Å². The van der Waals surface area contributed by atoms with Crippen LogP contribution in [-0.2, 0) is 0 Å². The van der Waals surface area contributed by atoms with Crippen LogP contribution in [0.15, 0.2) is 67.7 Å². The number of pyridine rings is 2. The summed E-state index contributed by atoms with van der Waals surface area (Å²) in [5.41, 5.74) is -0.810. The molecule has 50 heavy (non-hydrogen) atoms. The first-order valence-corrected chi connectivity index (χ1v) is 19.1. The minimum Gasteiger partial charge on any atom is -0.271 e. The lowest BCUT2D eigenvalue weighted by Crippen LogP contribution is -2.37. The molecule has 6 nitrogen and oxygen atoms in total. The van der Waals surface area contributed by atoms with Gasteiger partial charge in [0.2, 0.25) is 0 Å². The average molecular weight is 667 g/mol. The first kappa shape index (κ1) is 32.6. The molecule has 0 spiro atoms. The lowest BCUT2D eigenvalue weighted by Gasteiger charge is -2.24. The lowest BCUT2D eigenvalue weighted by atomic mass is 9.82. The van der Waals surface area contributed by atoms with Gasteiger partial charge in [-0.3, -0.25) is 28.3 Å². The zero-order valence-corrected chi connectivity index (χ0v) is 29.8. The van der Waals surface area contributed by atoms with Gasteiger partial charge in [0.1, 0.15) is 0 Å². The Kier molecular flexibility index (Phi) is 8.24. The van der Waals surface area contributed by atoms with Gasteiger partial charge >= 0.3 is 0 Å². The first-order chi connectivity index (χ1) is 24.4. The van der Waals surface area contributed by atoms with Gasteiger partial charge in [0.05, 0.1) is 0 Å². The summed E-state index contributed by atoms with van der Waals surface area (Å²) in [7, 11) is 0. The molecule has 0 unspecified atom stereocenters. The van der Waals surface area contributed by atoms with E-state index in [1.807, 2.05) is 36.4 Å². The SMILES string of the molecule is CCCCC(CCCC)n1c(=O)c2ccc3c4ccc5c(=O)n(C(CCCC)CCCC)c(=O)c6cc7ccc8cc(c1=O)c2c3c8c7c4c56. The fourth-order valence-electron chi connectivity index (χ4n) is 9.23. The fourth-order valence-corrected chi connectivity index (χ4v) is 9.23. The zero-order chi connectivity index (χ0) is 34.8. The van der Waals surface area contributed by atoms with Crippen LogP contribution in [0.3, 0.4) is 0 Å². The van der Waals surface area contributed by atoms with Crippen molar-refractivity contribution in [3.63, 3.8) is 0 Å². The second-order valence-corrected chi connectivity index (χ2v) is 14.8. The minimum atomic E-state index is -0.203. The van der Waals surface area contributed by atoms with E-state index < -0.39 is 0 Å². The van der Waals surface area contributed by atoms with Crippen LogP contribution in [0, 0.1) is 0 Å². The van der Waals surface area contributed by atoms with Gasteiger partial charge in [-0.05, 0) is 93.0 Å². The Labute approximate surface area is 290 Å². The van der Waals surface area contributed by atoms with Crippen molar-refractivity contribution in [2.24, 2.45) is 0 Å². The van der Waals surface area contributed by atoms with E-state index in [1.54, 1.807) is 9.13 Å². The molecule has 0 fully saturated rings. The highest BCUT2D eigenvalue weighted by atomic mass is 16.2. The summed E-state index contributed by atoms with van der Waals surface area (Å²) in [5, 5.41) is 11.3. The van der Waals surface area contributed by atoms with Crippen molar-refractivity contribution < 1.29 is 0 Å². The molecule has 6 aromatic carbocycles. The first-order valence-electron chi connectivity index (χ1n) is 19.1. The molecule has 0 atom stereocenters. The fraction of sp³-hybridized carbons (Fsp3) is 0.409. The third-order valence-corrected chi connectivity index (χ3v) is 11.7. The molecular formula is C44H46N2O4. The number of hydrogen-bond donors (Lipinski definition) is 0. The summed E-state index contributed by atoms with van der Waals surface area (Å²) in [5.74, 6) is 0. The monoisotopic (exact) mass is 666 g/mol. The Hall–Kier alpha value is -4.58. The van der Waals surface area contributed by atoms with Crippen molar-refractivity contribution in [3.8, 4) is 0 Å². The highest BCUT2D eigenvalue weighted by molar-refractivity contribution is 6.45. The molecule has 0 amide bonds. The summed E-state index contributed by atoms with van der Waals surface area (Å²) in [6, 6.07) is 15.7. The predicted octanol–water partition coefficient (Wildman–Crippen LogP) is 10.4. The molecule has 0 bridgehead atoms. The van der Waals surface area contributed by atoms with Gasteiger partial charge in [-0.15, -0.1) is 0 Å². The average Bonchev–Trinajstić information content (AvgIpc) is 3.13. The molecule has 0 aliphatic heterocycles. The normalized spacial score (nSPS) is 12.8. The van der Waals surface area contributed by atoms with E-state index in [9.17, 15) is 19.2 Å². The van der Waals surface area contributed by atoms with Crippen LogP contribution < -0.4 is 22.2 Å². The molecule has 2 aromatic heterocycles. The molecule has 0 saturated carbocycles. The van der Waals surface area contributed by atoms with Crippen molar-refractivity contribution in [1.29, 1.82) is 0 Å². The van der Waals surface area contributed by atoms with Crippen LogP contribution in [0.2, 0.25) is 0 Å². The van der Waals surface area contributed by atoms with Gasteiger partial charge in [-0.25, -0.2) is 0 Å². The summed E-state index contributed by atoms with van der Waals surface area (Å²) in [6.07, 6.45) is 11.2. The highest BCUT2D eigenvalue weighted by Crippen LogP contribution is 2.48. The Morgan fingerprint density at radius 1 is 0.400 bits per heavy atom. The van der Waals surface area contributed by atoms with Crippen LogP contribution >= 0.6 is 0 Å². The molecule has 6 heteroatoms. The Morgan fingerprint density at radius 3 is 1.06 bits per heavy atom. The second kappa shape index (κ2) is 12.6. The second-order valence-electron chi connectivity index (χ2n) is 14.8. The molecular weight excluding hydrogens is 620 g/mol. The van der Waals surface area contributed by atoms with Crippen LogP contribution in [0.4, 0.5) is 0 Å². The zero-order valence-electron chi connectivity index (χ0n) is 29.8. The van der Waals surface area contributed by atoms with E-state index in [2.05, 4.69) is 39.8 Å². The van der Waals surface area contributed by atoms with Crippen molar-refractivity contribution in [2.75, 3.05) is 0 Å². The molecule has 0 N–H and O–H groups in total. The minimum absolute atomic E-state index is 0.126. The van der Waals surface area contributed by atoms with Crippen LogP contribution in [0.5, 0.6) is 0 Å². The molecule has 0 aliphatic carbocycles. The van der Waals surface area contributed by atoms with E-state index in [0.29, 0.717) is 21.5 Å². The number of fused-ring (bicyclic) bond motifs is 1. The third-order valence-electron chi connectivity index (χ3n) is 11.7. The highest BCUT2D eigenvalue weighted by Gasteiger charge is 2.28. The molecule has 8 rings (SSSR count). The maximum Gasteiger partial charge on any atom is 0.261 e. The largest absolute Gasteiger partial charge is 0.271 e. The smallest absolute Gasteiger partial charge is 0.261 e. The van der Waals surface area contributed by atoms with Crippen LogP contribution in [0.1, 0.15) is 117 Å². The topological polar surface area (TPSA) is 78.1 Å². The number of benzene rings is 6. The Balaban J connectivity index is 1.49. The molecule has 0 aliphatic rings. The number of nitrogens with zero attached hydrogens (tertiary/aromatic N) is 2. The molecule has 0 radical (unpaired) electrons. The quantitative estimate of drug-likeness (QED) is 0.0855. The van der Waals surface area contributed by atoms with Gasteiger partial charge in [0.25, 0.3) is 22.2 Å². The van der Waals surface area contributed by atoms with E-state index in [4.69, 9.17) is 0 Å². The third kappa shape index (κ3) is 4.59. The van der Waals surface area contributed by atoms with E-state index in [-0.39, 0.29) is 34.3 Å². The van der Waals surface area contributed by atoms with E-state index in [0.717, 1.165) is 131 Å². The van der Waals surface area contributed by atoms with Gasteiger partial charge in [0, 0.05) is 44.4 Å². The molecule has 8 aromatic rings. The molecule has 256 valence electrons. The van der Waals surface area contributed by atoms with Crippen LogP contribution in [-0.4, -0.2) is 9.13 Å². The maximum absolute atomic E-state index is 14.5. The Morgan fingerprint density at radius 2 is 0.720 bits per heavy atom. The van der Waals surface area contributed by atoms with E-state index >= 15 is 0 Å². The van der Waals surface area contributed by atoms with Gasteiger partial charge in [-0.2, -0.15) is 0 Å². The van der Waals surface area contributed by atoms with Gasteiger partial charge in [0.15, 0.2) is 0 Å². The van der Waals surface area contributed by atoms with Crippen molar-refractivity contribution in [1.82, 2.24) is 9.13 Å². The predicted molar refractivity (Wildman–Crippen MR) is 211 cm³/mol. The summed E-state index contributed by atoms with van der Waals surface area (Å²) < 4.78 is 3.13. The number of rotatable bonds is 14. The molecule has 0 saturated heterocycles. The maximum atomic E-state index is 14.5. The summed E-state index contributed by atoms with van der Waals surface area (Å²) in [6.45, 7) is 8.58. The van der Waals surface area contributed by atoms with Crippen molar-refractivity contribution in [3.05, 3.63) is 89.9 Å². The number of aromatic nitrogens is 2. The summed E-state index contributed by atoms with van der Waals surface area (Å²) in [4.78, 5) is 57.6. The van der Waals surface area contributed by atoms with Crippen molar-refractivity contribution >= 4 is 75.4 Å². The standard InChI is InChI=1S/C44H46N2O4/c1-5-9-13-27(14-10-6-2)45-41(47)31-21-19-29-30-20-22-32-38-34(44(50)46(42(32)48)28(15-11-7-3)16-12-8-4)24-26-18-17-25-23-33(43(45)49)37(31)39(29)35(25)36(26)40(30)38/h17-24,27-28H,5-16H2,1-4H3. The van der Waals surface area contributed by atoms with Gasteiger partial charge in [-0.1, -0.05) is 103 Å². The number of hydrogen-bond acceptors (Lipinski definition) is 4. The number of unbranched alkanes of at least 4 members (excludes halogenated alkanes) is 4. The van der Waals surface area contributed by atoms with E-state index in [1.165, 1.54) is 0 Å². The van der Waals surface area contributed by atoms with Crippen molar-refractivity contribution in [2.45, 2.75) is 117 Å². The van der Waals surface area contributed by atoms with Gasteiger partial charge < -0.3 is 0 Å². The Bertz CT molecular complexity index is 2550. The molecule has 2 heterocycles. The summed E-state index contributed by atoms with van der Waals surface area (Å²) >= 11 is 0.